The molecule has 16 heavy (non-hydrogen) atoms. The van der Waals surface area contributed by atoms with E-state index in [0.29, 0.717) is 10.3 Å². The van der Waals surface area contributed by atoms with Gasteiger partial charge in [-0.15, -0.1) is 0 Å². The molecule has 6 heteroatoms. The van der Waals surface area contributed by atoms with Gasteiger partial charge in [-0.1, -0.05) is 0 Å². The highest BCUT2D eigenvalue weighted by Gasteiger charge is 2.23. The summed E-state index contributed by atoms with van der Waals surface area (Å²) in [6.45, 7) is 5.70. The van der Waals surface area contributed by atoms with Crippen LogP contribution in [0.1, 0.15) is 31.3 Å². The maximum absolute atomic E-state index is 11.4. The predicted molar refractivity (Wildman–Crippen MR) is 60.4 cm³/mol. The summed E-state index contributed by atoms with van der Waals surface area (Å²) in [4.78, 5) is 15.4. The fourth-order valence-corrected chi connectivity index (χ4v) is 1.85. The van der Waals surface area contributed by atoms with E-state index in [9.17, 15) is 4.79 Å². The number of hydrogen-bond acceptors (Lipinski definition) is 6. The molecule has 0 spiro atoms. The van der Waals surface area contributed by atoms with Gasteiger partial charge in [0.1, 0.15) is 5.60 Å². The van der Waals surface area contributed by atoms with E-state index in [1.165, 1.54) is 25.6 Å². The molecule has 0 unspecified atom stereocenters. The Kier molecular flexibility index (Phi) is 3.74. The number of rotatable bonds is 3. The quantitative estimate of drug-likeness (QED) is 0.763. The minimum absolute atomic E-state index is 0.147. The van der Waals surface area contributed by atoms with Crippen molar-refractivity contribution in [1.29, 1.82) is 0 Å². The largest absolute Gasteiger partial charge is 0.485 e. The number of carbonyl (C=O) groups excluding carboxylic acids is 1. The lowest BCUT2D eigenvalue weighted by Crippen LogP contribution is -2.22. The molecule has 0 aromatic carbocycles. The van der Waals surface area contributed by atoms with Crippen LogP contribution in [-0.2, 0) is 4.74 Å². The van der Waals surface area contributed by atoms with Crippen LogP contribution in [0.25, 0.3) is 0 Å². The first-order valence-electron chi connectivity index (χ1n) is 4.69. The van der Waals surface area contributed by atoms with Gasteiger partial charge in [0.25, 0.3) is 5.19 Å². The maximum Gasteiger partial charge on any atom is 0.361 e. The van der Waals surface area contributed by atoms with Crippen molar-refractivity contribution in [3.05, 3.63) is 5.69 Å². The summed E-state index contributed by atoms with van der Waals surface area (Å²) >= 11 is 1.17. The highest BCUT2D eigenvalue weighted by Crippen LogP contribution is 2.34. The number of esters is 1. The number of nitrogens with zero attached hydrogens (tertiary/aromatic N) is 1. The van der Waals surface area contributed by atoms with Gasteiger partial charge in [0.2, 0.25) is 10.8 Å². The van der Waals surface area contributed by atoms with E-state index in [4.69, 9.17) is 9.47 Å². The Labute approximate surface area is 98.3 Å². The van der Waals surface area contributed by atoms with E-state index >= 15 is 0 Å². The third-order valence-electron chi connectivity index (χ3n) is 1.53. The predicted octanol–water partition coefficient (Wildman–Crippen LogP) is 2.12. The van der Waals surface area contributed by atoms with Gasteiger partial charge in [-0.05, 0) is 32.1 Å². The minimum atomic E-state index is -0.531. The zero-order valence-electron chi connectivity index (χ0n) is 9.99. The minimum Gasteiger partial charge on any atom is -0.485 e. The zero-order valence-corrected chi connectivity index (χ0v) is 10.8. The molecule has 90 valence electrons. The molecule has 0 radical (unpaired) electrons. The van der Waals surface area contributed by atoms with Crippen LogP contribution in [0.5, 0.6) is 10.3 Å². The van der Waals surface area contributed by atoms with Crippen LogP contribution in [0, 0.1) is 0 Å². The average molecular weight is 245 g/mol. The second kappa shape index (κ2) is 4.69. The van der Waals surface area contributed by atoms with Crippen LogP contribution in [0.2, 0.25) is 0 Å². The normalized spacial score (nSPS) is 11.1. The number of ether oxygens (including phenoxy) is 3. The first kappa shape index (κ1) is 12.8. The SMILES string of the molecule is COC(=O)c1nc(OC(C)(C)C)sc1OC. The summed E-state index contributed by atoms with van der Waals surface area (Å²) in [6, 6.07) is 0. The Balaban J connectivity index is 2.98. The third kappa shape index (κ3) is 3.10. The Morgan fingerprint density at radius 1 is 1.31 bits per heavy atom. The molecule has 0 N–H and O–H groups in total. The summed E-state index contributed by atoms with van der Waals surface area (Å²) in [5, 5.41) is 0.788. The van der Waals surface area contributed by atoms with Crippen LogP contribution >= 0.6 is 11.3 Å². The van der Waals surface area contributed by atoms with Crippen molar-refractivity contribution in [3.63, 3.8) is 0 Å². The van der Waals surface area contributed by atoms with E-state index in [1.807, 2.05) is 20.8 Å². The second-order valence-corrected chi connectivity index (χ2v) is 4.95. The van der Waals surface area contributed by atoms with E-state index in [1.54, 1.807) is 0 Å². The van der Waals surface area contributed by atoms with Crippen molar-refractivity contribution in [1.82, 2.24) is 4.98 Å². The molecule has 1 heterocycles. The van der Waals surface area contributed by atoms with Crippen molar-refractivity contribution < 1.29 is 19.0 Å². The van der Waals surface area contributed by atoms with Crippen molar-refractivity contribution in [2.75, 3.05) is 14.2 Å². The lowest BCUT2D eigenvalue weighted by Gasteiger charge is -2.18. The van der Waals surface area contributed by atoms with Gasteiger partial charge in [0.05, 0.1) is 14.2 Å². The van der Waals surface area contributed by atoms with Crippen LogP contribution in [0.15, 0.2) is 0 Å². The van der Waals surface area contributed by atoms with Gasteiger partial charge in [-0.2, -0.15) is 4.98 Å². The highest BCUT2D eigenvalue weighted by atomic mass is 32.1. The second-order valence-electron chi connectivity index (χ2n) is 4.03. The van der Waals surface area contributed by atoms with Gasteiger partial charge in [-0.3, -0.25) is 0 Å². The fourth-order valence-electron chi connectivity index (χ4n) is 0.957. The van der Waals surface area contributed by atoms with Crippen molar-refractivity contribution in [2.45, 2.75) is 26.4 Å². The van der Waals surface area contributed by atoms with Crippen LogP contribution in [-0.4, -0.2) is 30.8 Å². The molecule has 0 amide bonds. The van der Waals surface area contributed by atoms with Crippen molar-refractivity contribution in [2.24, 2.45) is 0 Å². The average Bonchev–Trinajstić information content (AvgIpc) is 2.57. The molecule has 0 aliphatic carbocycles. The van der Waals surface area contributed by atoms with Gasteiger partial charge in [0, 0.05) is 0 Å². The molecule has 0 bridgehead atoms. The van der Waals surface area contributed by atoms with Crippen LogP contribution in [0.4, 0.5) is 0 Å². The standard InChI is InChI=1S/C10H15NO4S/c1-10(2,3)15-9-11-6(7(12)13-4)8(14-5)16-9/h1-5H3. The first-order chi connectivity index (χ1) is 7.37. The van der Waals surface area contributed by atoms with Crippen LogP contribution < -0.4 is 9.47 Å². The van der Waals surface area contributed by atoms with Crippen LogP contribution in [0.3, 0.4) is 0 Å². The van der Waals surface area contributed by atoms with Crippen molar-refractivity contribution >= 4 is 17.3 Å². The molecular weight excluding hydrogens is 230 g/mol. The molecule has 0 fully saturated rings. The molecule has 0 aliphatic heterocycles. The summed E-state index contributed by atoms with van der Waals surface area (Å²) in [6.07, 6.45) is 0. The number of methoxy groups -OCH3 is 2. The molecule has 0 aliphatic rings. The molecule has 5 nitrogen and oxygen atoms in total. The monoisotopic (exact) mass is 245 g/mol. The Morgan fingerprint density at radius 2 is 1.94 bits per heavy atom. The molecular formula is C10H15NO4S. The number of hydrogen-bond donors (Lipinski definition) is 0. The topological polar surface area (TPSA) is 57.7 Å². The van der Waals surface area contributed by atoms with E-state index in [0.717, 1.165) is 0 Å². The molecule has 1 aromatic heterocycles. The molecule has 1 aromatic rings. The van der Waals surface area contributed by atoms with Gasteiger partial charge in [0.15, 0.2) is 0 Å². The first-order valence-corrected chi connectivity index (χ1v) is 5.51. The maximum atomic E-state index is 11.4. The van der Waals surface area contributed by atoms with Gasteiger partial charge < -0.3 is 14.2 Å². The number of carbonyl (C=O) groups is 1. The Morgan fingerprint density at radius 3 is 2.38 bits per heavy atom. The molecule has 0 atom stereocenters. The molecule has 1 rings (SSSR count). The van der Waals surface area contributed by atoms with E-state index in [-0.39, 0.29) is 11.3 Å². The fraction of sp³-hybridized carbons (Fsp3) is 0.600. The van der Waals surface area contributed by atoms with E-state index < -0.39 is 5.97 Å². The van der Waals surface area contributed by atoms with E-state index in [2.05, 4.69) is 9.72 Å². The summed E-state index contributed by atoms with van der Waals surface area (Å²) in [5.41, 5.74) is -0.217. The third-order valence-corrected chi connectivity index (χ3v) is 2.43. The number of aromatic nitrogens is 1. The lowest BCUT2D eigenvalue weighted by molar-refractivity contribution is 0.0588. The lowest BCUT2D eigenvalue weighted by atomic mass is 10.2. The molecule has 0 saturated heterocycles. The summed E-state index contributed by atoms with van der Waals surface area (Å²) in [5.74, 6) is -0.531. The smallest absolute Gasteiger partial charge is 0.361 e. The Bertz CT molecular complexity index is 381. The van der Waals surface area contributed by atoms with Crippen molar-refractivity contribution in [3.8, 4) is 10.3 Å². The van der Waals surface area contributed by atoms with Gasteiger partial charge >= 0.3 is 5.97 Å². The zero-order chi connectivity index (χ0) is 12.3. The summed E-state index contributed by atoms with van der Waals surface area (Å²) < 4.78 is 15.2. The Hall–Kier alpha value is -1.30. The molecule has 0 saturated carbocycles. The van der Waals surface area contributed by atoms with Gasteiger partial charge in [-0.25, -0.2) is 4.79 Å². The number of thiazole rings is 1. The highest BCUT2D eigenvalue weighted by molar-refractivity contribution is 7.15. The summed E-state index contributed by atoms with van der Waals surface area (Å²) in [7, 11) is 2.77.